The minimum absolute atomic E-state index is 0.694. The lowest BCUT2D eigenvalue weighted by Crippen LogP contribution is -2.16. The van der Waals surface area contributed by atoms with Gasteiger partial charge in [0.25, 0.3) is 0 Å². The highest BCUT2D eigenvalue weighted by molar-refractivity contribution is 5.81. The molecule has 100 valence electrons. The van der Waals surface area contributed by atoms with Crippen LogP contribution in [0.1, 0.15) is 23.6 Å². The summed E-state index contributed by atoms with van der Waals surface area (Å²) in [4.78, 5) is 2.11. The summed E-state index contributed by atoms with van der Waals surface area (Å²) in [6.45, 7) is 4.07. The number of hydrogen-bond acceptors (Lipinski definition) is 2. The van der Waals surface area contributed by atoms with Gasteiger partial charge >= 0.3 is 0 Å². The molecule has 0 heterocycles. The average molecular weight is 262 g/mol. The van der Waals surface area contributed by atoms with Crippen LogP contribution in [0.4, 0.5) is 5.69 Å². The number of benzene rings is 2. The Morgan fingerprint density at radius 1 is 1.10 bits per heavy atom. The first-order valence-electron chi connectivity index (χ1n) is 6.63. The molecule has 0 unspecified atom stereocenters. The predicted octanol–water partition coefficient (Wildman–Crippen LogP) is 4.36. The molecule has 20 heavy (non-hydrogen) atoms. The number of nitrogens with zero attached hydrogens (tertiary/aromatic N) is 2. The van der Waals surface area contributed by atoms with Crippen molar-refractivity contribution in [1.29, 1.82) is 5.26 Å². The lowest BCUT2D eigenvalue weighted by Gasteiger charge is -2.24. The van der Waals surface area contributed by atoms with Crippen molar-refractivity contribution in [2.45, 2.75) is 13.8 Å². The van der Waals surface area contributed by atoms with Gasteiger partial charge in [-0.1, -0.05) is 42.0 Å². The summed E-state index contributed by atoms with van der Waals surface area (Å²) in [5, 5.41) is 9.26. The predicted molar refractivity (Wildman–Crippen MR) is 84.4 cm³/mol. The summed E-state index contributed by atoms with van der Waals surface area (Å²) < 4.78 is 0. The largest absolute Gasteiger partial charge is 0.344 e. The topological polar surface area (TPSA) is 27.0 Å². The van der Waals surface area contributed by atoms with Gasteiger partial charge in [-0.25, -0.2) is 0 Å². The number of aryl methyl sites for hydroxylation is 1. The van der Waals surface area contributed by atoms with Crippen LogP contribution in [-0.4, -0.2) is 7.05 Å². The Kier molecular flexibility index (Phi) is 4.22. The Balaban J connectivity index is 2.43. The minimum Gasteiger partial charge on any atom is -0.344 e. The molecule has 0 aliphatic carbocycles. The second kappa shape index (κ2) is 6.08. The van der Waals surface area contributed by atoms with Crippen LogP contribution in [0.2, 0.25) is 0 Å². The molecular formula is C18H18N2. The first kappa shape index (κ1) is 13.9. The standard InChI is InChI=1S/C18H18N2/c1-4-18(17-8-6-5-7-15(17)13-19)20(3)16-11-9-14(2)10-12-16/h4-12H,1-3H3. The second-order valence-corrected chi connectivity index (χ2v) is 4.73. The first-order chi connectivity index (χ1) is 9.67. The van der Waals surface area contributed by atoms with Crippen molar-refractivity contribution in [2.75, 3.05) is 11.9 Å². The lowest BCUT2D eigenvalue weighted by atomic mass is 10.0. The molecular weight excluding hydrogens is 244 g/mol. The Bertz CT molecular complexity index is 661. The average Bonchev–Trinajstić information content (AvgIpc) is 2.49. The van der Waals surface area contributed by atoms with Crippen LogP contribution in [0.15, 0.2) is 54.6 Å². The van der Waals surface area contributed by atoms with Gasteiger partial charge in [0.05, 0.1) is 11.6 Å². The molecule has 2 aromatic carbocycles. The van der Waals surface area contributed by atoms with E-state index in [0.717, 1.165) is 16.9 Å². The Hall–Kier alpha value is -2.53. The van der Waals surface area contributed by atoms with Gasteiger partial charge in [-0.2, -0.15) is 5.26 Å². The third-order valence-corrected chi connectivity index (χ3v) is 3.38. The zero-order chi connectivity index (χ0) is 14.5. The van der Waals surface area contributed by atoms with Crippen LogP contribution in [0.25, 0.3) is 5.70 Å². The van der Waals surface area contributed by atoms with Gasteiger partial charge in [-0.15, -0.1) is 0 Å². The summed E-state index contributed by atoms with van der Waals surface area (Å²) >= 11 is 0. The minimum atomic E-state index is 0.694. The Labute approximate surface area is 120 Å². The van der Waals surface area contributed by atoms with E-state index in [9.17, 15) is 5.26 Å². The molecule has 0 atom stereocenters. The first-order valence-corrected chi connectivity index (χ1v) is 6.63. The van der Waals surface area contributed by atoms with Gasteiger partial charge < -0.3 is 4.90 Å². The number of hydrogen-bond donors (Lipinski definition) is 0. The third kappa shape index (κ3) is 2.73. The molecule has 0 bridgehead atoms. The molecule has 0 radical (unpaired) electrons. The van der Waals surface area contributed by atoms with Crippen molar-refractivity contribution in [2.24, 2.45) is 0 Å². The van der Waals surface area contributed by atoms with E-state index in [1.807, 2.05) is 44.3 Å². The van der Waals surface area contributed by atoms with Gasteiger partial charge in [0, 0.05) is 24.0 Å². The van der Waals surface area contributed by atoms with Crippen LogP contribution in [0.3, 0.4) is 0 Å². The molecule has 2 rings (SSSR count). The molecule has 0 aliphatic heterocycles. The number of allylic oxidation sites excluding steroid dienone is 1. The van der Waals surface area contributed by atoms with Crippen molar-refractivity contribution in [1.82, 2.24) is 0 Å². The summed E-state index contributed by atoms with van der Waals surface area (Å²) in [5.74, 6) is 0. The summed E-state index contributed by atoms with van der Waals surface area (Å²) in [6.07, 6.45) is 2.04. The lowest BCUT2D eigenvalue weighted by molar-refractivity contribution is 1.20. The normalized spacial score (nSPS) is 11.0. The Morgan fingerprint density at radius 2 is 1.75 bits per heavy atom. The maximum absolute atomic E-state index is 9.26. The molecule has 0 saturated heterocycles. The quantitative estimate of drug-likeness (QED) is 0.821. The zero-order valence-corrected chi connectivity index (χ0v) is 12.1. The van der Waals surface area contributed by atoms with Crippen LogP contribution < -0.4 is 4.90 Å². The molecule has 0 aromatic heterocycles. The van der Waals surface area contributed by atoms with E-state index in [1.54, 1.807) is 0 Å². The van der Waals surface area contributed by atoms with Gasteiger partial charge in [0.15, 0.2) is 0 Å². The van der Waals surface area contributed by atoms with E-state index in [4.69, 9.17) is 0 Å². The number of nitriles is 1. The van der Waals surface area contributed by atoms with Gasteiger partial charge in [-0.05, 0) is 32.0 Å². The van der Waals surface area contributed by atoms with Crippen LogP contribution in [0, 0.1) is 18.3 Å². The molecule has 2 aromatic rings. The van der Waals surface area contributed by atoms with Crippen LogP contribution in [0.5, 0.6) is 0 Å². The van der Waals surface area contributed by atoms with Crippen molar-refractivity contribution < 1.29 is 0 Å². The highest BCUT2D eigenvalue weighted by Gasteiger charge is 2.12. The van der Waals surface area contributed by atoms with Crippen molar-refractivity contribution in [3.8, 4) is 6.07 Å². The zero-order valence-electron chi connectivity index (χ0n) is 12.1. The molecule has 0 spiro atoms. The molecule has 0 aliphatic rings. The van der Waals surface area contributed by atoms with Crippen molar-refractivity contribution >= 4 is 11.4 Å². The SMILES string of the molecule is CC=C(c1ccccc1C#N)N(C)c1ccc(C)cc1. The van der Waals surface area contributed by atoms with E-state index in [1.165, 1.54) is 5.56 Å². The van der Waals surface area contributed by atoms with Crippen LogP contribution >= 0.6 is 0 Å². The molecule has 0 fully saturated rings. The highest BCUT2D eigenvalue weighted by Crippen LogP contribution is 2.26. The van der Waals surface area contributed by atoms with E-state index < -0.39 is 0 Å². The fourth-order valence-electron chi connectivity index (χ4n) is 2.24. The summed E-state index contributed by atoms with van der Waals surface area (Å²) in [6, 6.07) is 18.3. The van der Waals surface area contributed by atoms with Gasteiger partial charge in [-0.3, -0.25) is 0 Å². The van der Waals surface area contributed by atoms with E-state index in [0.29, 0.717) is 5.56 Å². The van der Waals surface area contributed by atoms with E-state index >= 15 is 0 Å². The van der Waals surface area contributed by atoms with Crippen molar-refractivity contribution in [3.05, 3.63) is 71.3 Å². The highest BCUT2D eigenvalue weighted by atomic mass is 15.1. The molecule has 0 amide bonds. The summed E-state index contributed by atoms with van der Waals surface area (Å²) in [5.41, 5.74) is 5.03. The molecule has 0 N–H and O–H groups in total. The molecule has 2 nitrogen and oxygen atoms in total. The van der Waals surface area contributed by atoms with Gasteiger partial charge in [0.2, 0.25) is 0 Å². The number of anilines is 1. The van der Waals surface area contributed by atoms with Gasteiger partial charge in [0.1, 0.15) is 0 Å². The maximum atomic E-state index is 9.26. The molecule has 0 saturated carbocycles. The van der Waals surface area contributed by atoms with E-state index in [2.05, 4.69) is 42.2 Å². The second-order valence-electron chi connectivity index (χ2n) is 4.73. The fraction of sp³-hybridized carbons (Fsp3) is 0.167. The third-order valence-electron chi connectivity index (χ3n) is 3.38. The van der Waals surface area contributed by atoms with Crippen molar-refractivity contribution in [3.63, 3.8) is 0 Å². The van der Waals surface area contributed by atoms with Crippen LogP contribution in [-0.2, 0) is 0 Å². The summed E-state index contributed by atoms with van der Waals surface area (Å²) in [7, 11) is 2.02. The maximum Gasteiger partial charge on any atom is 0.0998 e. The molecule has 2 heteroatoms. The van der Waals surface area contributed by atoms with E-state index in [-0.39, 0.29) is 0 Å². The fourth-order valence-corrected chi connectivity index (χ4v) is 2.24. The monoisotopic (exact) mass is 262 g/mol. The number of rotatable bonds is 3. The smallest absolute Gasteiger partial charge is 0.0998 e. The Morgan fingerprint density at radius 3 is 2.35 bits per heavy atom.